The van der Waals surface area contributed by atoms with Gasteiger partial charge in [0.25, 0.3) is 0 Å². The van der Waals surface area contributed by atoms with Gasteiger partial charge in [-0.25, -0.2) is 4.79 Å². The van der Waals surface area contributed by atoms with Gasteiger partial charge in [-0.3, -0.25) is 0 Å². The van der Waals surface area contributed by atoms with Gasteiger partial charge in [0.1, 0.15) is 5.75 Å². The number of hydrogen-bond acceptors (Lipinski definition) is 4. The van der Waals surface area contributed by atoms with Gasteiger partial charge in [0.2, 0.25) is 0 Å². The molecular formula is C29H34F3NO3S. The van der Waals surface area contributed by atoms with Crippen molar-refractivity contribution in [2.24, 2.45) is 0 Å². The predicted molar refractivity (Wildman–Crippen MR) is 146 cm³/mol. The fraction of sp³-hybridized carbons (Fsp3) is 0.345. The third kappa shape index (κ3) is 9.35. The van der Waals surface area contributed by atoms with Crippen LogP contribution in [0.25, 0.3) is 10.9 Å². The van der Waals surface area contributed by atoms with E-state index in [4.69, 9.17) is 4.74 Å². The van der Waals surface area contributed by atoms with Gasteiger partial charge in [-0.1, -0.05) is 56.3 Å². The summed E-state index contributed by atoms with van der Waals surface area (Å²) in [4.78, 5) is 13.3. The van der Waals surface area contributed by atoms with Gasteiger partial charge in [0.05, 0.1) is 24.7 Å². The predicted octanol–water partition coefficient (Wildman–Crippen LogP) is 8.41. The van der Waals surface area contributed by atoms with Crippen molar-refractivity contribution in [1.82, 2.24) is 4.57 Å². The van der Waals surface area contributed by atoms with Crippen molar-refractivity contribution >= 4 is 28.6 Å². The number of carbonyl (C=O) groups excluding carboxylic acids is 1. The van der Waals surface area contributed by atoms with Crippen LogP contribution in [0.2, 0.25) is 0 Å². The Balaban J connectivity index is 0.00000153. The Hall–Kier alpha value is -3.13. The topological polar surface area (TPSA) is 40.5 Å². The SMILES string of the molecule is C=C(Cc1ccc(C(F)(F)F)cc1)SC(Cn1ccc2ccc(OCC(=O)OC)cc21)=C(C)C.CCC. The second kappa shape index (κ2) is 14.0. The van der Waals surface area contributed by atoms with Crippen molar-refractivity contribution in [2.45, 2.75) is 53.3 Å². The number of hydrogen-bond donors (Lipinski definition) is 0. The molecule has 1 aromatic heterocycles. The molecule has 0 aliphatic carbocycles. The van der Waals surface area contributed by atoms with E-state index in [-0.39, 0.29) is 6.61 Å². The minimum Gasteiger partial charge on any atom is -0.482 e. The molecule has 0 bridgehead atoms. The average Bonchev–Trinajstić information content (AvgIpc) is 3.24. The van der Waals surface area contributed by atoms with E-state index in [1.54, 1.807) is 6.07 Å². The van der Waals surface area contributed by atoms with E-state index in [0.29, 0.717) is 18.7 Å². The molecule has 0 N–H and O–H groups in total. The third-order valence-corrected chi connectivity index (χ3v) is 6.37. The Labute approximate surface area is 221 Å². The normalized spacial score (nSPS) is 10.9. The maximum Gasteiger partial charge on any atom is 0.416 e. The largest absolute Gasteiger partial charge is 0.482 e. The lowest BCUT2D eigenvalue weighted by atomic mass is 10.1. The Bertz CT molecular complexity index is 1220. The fourth-order valence-electron chi connectivity index (χ4n) is 3.29. The number of esters is 1. The lowest BCUT2D eigenvalue weighted by Crippen LogP contribution is -2.12. The monoisotopic (exact) mass is 533 g/mol. The van der Waals surface area contributed by atoms with Crippen LogP contribution in [0.4, 0.5) is 13.2 Å². The first-order valence-electron chi connectivity index (χ1n) is 11.9. The maximum atomic E-state index is 12.8. The number of nitrogens with zero attached hydrogens (tertiary/aromatic N) is 1. The minimum absolute atomic E-state index is 0.165. The van der Waals surface area contributed by atoms with Crippen molar-refractivity contribution in [3.63, 3.8) is 0 Å². The first-order valence-corrected chi connectivity index (χ1v) is 12.8. The zero-order chi connectivity index (χ0) is 27.6. The van der Waals surface area contributed by atoms with Crippen molar-refractivity contribution in [1.29, 1.82) is 0 Å². The number of aromatic nitrogens is 1. The van der Waals surface area contributed by atoms with Crippen molar-refractivity contribution in [3.8, 4) is 5.75 Å². The minimum atomic E-state index is -4.34. The summed E-state index contributed by atoms with van der Waals surface area (Å²) in [6, 6.07) is 12.8. The lowest BCUT2D eigenvalue weighted by molar-refractivity contribution is -0.143. The molecule has 0 amide bonds. The van der Waals surface area contributed by atoms with Gasteiger partial charge < -0.3 is 14.0 Å². The Kier molecular flexibility index (Phi) is 11.4. The quantitative estimate of drug-likeness (QED) is 0.259. The average molecular weight is 534 g/mol. The molecule has 0 saturated carbocycles. The second-order valence-corrected chi connectivity index (χ2v) is 9.95. The number of alkyl halides is 3. The number of carbonyl (C=O) groups is 1. The van der Waals surface area contributed by atoms with Crippen LogP contribution in [-0.2, 0) is 28.7 Å². The van der Waals surface area contributed by atoms with Crippen LogP contribution >= 0.6 is 11.8 Å². The number of benzene rings is 2. The van der Waals surface area contributed by atoms with E-state index in [1.165, 1.54) is 37.4 Å². The van der Waals surface area contributed by atoms with Crippen molar-refractivity contribution in [3.05, 3.63) is 87.8 Å². The van der Waals surface area contributed by atoms with Gasteiger partial charge in [-0.05, 0) is 60.0 Å². The zero-order valence-corrected chi connectivity index (χ0v) is 22.8. The van der Waals surface area contributed by atoms with Gasteiger partial charge in [0, 0.05) is 23.6 Å². The molecule has 37 heavy (non-hydrogen) atoms. The Morgan fingerprint density at radius 1 is 1.05 bits per heavy atom. The Morgan fingerprint density at radius 3 is 2.27 bits per heavy atom. The van der Waals surface area contributed by atoms with Crippen molar-refractivity contribution in [2.75, 3.05) is 13.7 Å². The molecular weight excluding hydrogens is 499 g/mol. The van der Waals surface area contributed by atoms with Gasteiger partial charge >= 0.3 is 12.1 Å². The highest BCUT2D eigenvalue weighted by atomic mass is 32.2. The number of fused-ring (bicyclic) bond motifs is 1. The smallest absolute Gasteiger partial charge is 0.416 e. The van der Waals surface area contributed by atoms with Crippen LogP contribution in [0.15, 0.2) is 76.7 Å². The number of rotatable bonds is 9. The first kappa shape index (κ1) is 30.1. The number of halogens is 3. The van der Waals surface area contributed by atoms with Crippen LogP contribution < -0.4 is 4.74 Å². The molecule has 0 saturated heterocycles. The second-order valence-electron chi connectivity index (χ2n) is 8.67. The zero-order valence-electron chi connectivity index (χ0n) is 21.9. The van der Waals surface area contributed by atoms with Crippen LogP contribution in [-0.4, -0.2) is 24.3 Å². The summed E-state index contributed by atoms with van der Waals surface area (Å²) in [6.07, 6.45) is -0.641. The van der Waals surface area contributed by atoms with E-state index < -0.39 is 17.7 Å². The highest BCUT2D eigenvalue weighted by Gasteiger charge is 2.29. The summed E-state index contributed by atoms with van der Waals surface area (Å²) in [5.74, 6) is 0.112. The molecule has 0 atom stereocenters. The molecule has 4 nitrogen and oxygen atoms in total. The molecule has 3 rings (SSSR count). The summed E-state index contributed by atoms with van der Waals surface area (Å²) in [7, 11) is 1.31. The van der Waals surface area contributed by atoms with E-state index in [2.05, 4.69) is 29.7 Å². The molecule has 8 heteroatoms. The summed E-state index contributed by atoms with van der Waals surface area (Å²) in [5.41, 5.74) is 2.19. The Morgan fingerprint density at radius 2 is 1.70 bits per heavy atom. The van der Waals surface area contributed by atoms with E-state index in [9.17, 15) is 18.0 Å². The highest BCUT2D eigenvalue weighted by molar-refractivity contribution is 8.06. The van der Waals surface area contributed by atoms with Crippen molar-refractivity contribution < 1.29 is 27.4 Å². The van der Waals surface area contributed by atoms with Crippen LogP contribution in [0.1, 0.15) is 45.2 Å². The lowest BCUT2D eigenvalue weighted by Gasteiger charge is -2.15. The van der Waals surface area contributed by atoms with E-state index >= 15 is 0 Å². The number of allylic oxidation sites excluding steroid dienone is 3. The molecule has 2 aromatic carbocycles. The molecule has 3 aromatic rings. The molecule has 0 aliphatic rings. The molecule has 0 unspecified atom stereocenters. The van der Waals surface area contributed by atoms with Crippen LogP contribution in [0, 0.1) is 0 Å². The fourth-order valence-corrected chi connectivity index (χ4v) is 4.28. The number of ether oxygens (including phenoxy) is 2. The molecule has 0 radical (unpaired) electrons. The summed E-state index contributed by atoms with van der Waals surface area (Å²) in [5, 5.41) is 1.03. The highest BCUT2D eigenvalue weighted by Crippen LogP contribution is 2.33. The van der Waals surface area contributed by atoms with Crippen LogP contribution in [0.3, 0.4) is 0 Å². The maximum absolute atomic E-state index is 12.8. The molecule has 200 valence electrons. The van der Waals surface area contributed by atoms with E-state index in [1.807, 2.05) is 38.2 Å². The van der Waals surface area contributed by atoms with Gasteiger partial charge in [0.15, 0.2) is 6.61 Å². The summed E-state index contributed by atoms with van der Waals surface area (Å²) >= 11 is 1.54. The molecule has 0 aliphatic heterocycles. The third-order valence-electron chi connectivity index (χ3n) is 5.15. The van der Waals surface area contributed by atoms with Gasteiger partial charge in [-0.15, -0.1) is 0 Å². The van der Waals surface area contributed by atoms with Crippen LogP contribution in [0.5, 0.6) is 5.75 Å². The standard InChI is InChI=1S/C26H26F3NO3S.C3H8/c1-17(2)24(34-18(3)13-19-5-8-21(9-6-19)26(27,28)29)15-30-12-11-20-7-10-22(14-23(20)30)33-16-25(31)32-4;1-3-2/h5-12,14H,3,13,15-16H2,1-2,4H3;3H2,1-2H3. The van der Waals surface area contributed by atoms with E-state index in [0.717, 1.165) is 44.0 Å². The molecule has 0 spiro atoms. The molecule has 1 heterocycles. The first-order chi connectivity index (χ1) is 17.5. The number of thioether (sulfide) groups is 1. The molecule has 0 fully saturated rings. The van der Waals surface area contributed by atoms with Gasteiger partial charge in [-0.2, -0.15) is 13.2 Å². The summed E-state index contributed by atoms with van der Waals surface area (Å²) < 4.78 is 50.6. The number of methoxy groups -OCH3 is 1. The summed E-state index contributed by atoms with van der Waals surface area (Å²) in [6.45, 7) is 12.9.